The van der Waals surface area contributed by atoms with E-state index in [2.05, 4.69) is 30.9 Å². The van der Waals surface area contributed by atoms with Crippen molar-refractivity contribution in [3.05, 3.63) is 61.1 Å². The van der Waals surface area contributed by atoms with Gasteiger partial charge in [0.25, 0.3) is 0 Å². The number of hydrogen-bond donors (Lipinski definition) is 3. The summed E-state index contributed by atoms with van der Waals surface area (Å²) in [5, 5.41) is 9.13. The number of hydrogen-bond acceptors (Lipinski definition) is 6. The van der Waals surface area contributed by atoms with Crippen molar-refractivity contribution < 1.29 is 4.79 Å². The van der Waals surface area contributed by atoms with Gasteiger partial charge in [-0.3, -0.25) is 4.79 Å². The summed E-state index contributed by atoms with van der Waals surface area (Å²) in [7, 11) is 0. The van der Waals surface area contributed by atoms with Crippen molar-refractivity contribution in [2.24, 2.45) is 0 Å². The van der Waals surface area contributed by atoms with E-state index in [0.29, 0.717) is 23.9 Å². The van der Waals surface area contributed by atoms with Gasteiger partial charge in [0.2, 0.25) is 5.91 Å². The monoisotopic (exact) mass is 334 g/mol. The number of carbonyl (C=O) groups is 1. The van der Waals surface area contributed by atoms with E-state index < -0.39 is 0 Å². The summed E-state index contributed by atoms with van der Waals surface area (Å²) >= 11 is 0. The van der Waals surface area contributed by atoms with Crippen molar-refractivity contribution in [1.82, 2.24) is 15.0 Å². The zero-order chi connectivity index (χ0) is 17.5. The van der Waals surface area contributed by atoms with Crippen molar-refractivity contribution in [2.45, 2.75) is 13.3 Å². The zero-order valence-electron chi connectivity index (χ0n) is 13.7. The van der Waals surface area contributed by atoms with Gasteiger partial charge in [-0.2, -0.15) is 0 Å². The van der Waals surface area contributed by atoms with Crippen molar-refractivity contribution in [2.75, 3.05) is 16.0 Å². The summed E-state index contributed by atoms with van der Waals surface area (Å²) in [5.41, 5.74) is 1.62. The maximum absolute atomic E-state index is 11.4. The second-order valence-corrected chi connectivity index (χ2v) is 5.23. The van der Waals surface area contributed by atoms with Crippen LogP contribution < -0.4 is 16.0 Å². The van der Waals surface area contributed by atoms with E-state index in [1.165, 1.54) is 6.33 Å². The lowest BCUT2D eigenvalue weighted by atomic mass is 10.2. The molecule has 0 aliphatic carbocycles. The molecule has 3 aromatic rings. The van der Waals surface area contributed by atoms with Gasteiger partial charge in [-0.15, -0.1) is 0 Å². The highest BCUT2D eigenvalue weighted by atomic mass is 16.1. The SMILES string of the molecule is CCC(=O)Nc1ccc(Nc2cc(Nc3ccccn3)ncn2)cc1. The van der Waals surface area contributed by atoms with E-state index in [0.717, 1.165) is 11.4 Å². The van der Waals surface area contributed by atoms with Crippen LogP contribution in [0.4, 0.5) is 28.8 Å². The lowest BCUT2D eigenvalue weighted by molar-refractivity contribution is -0.115. The molecule has 7 heteroatoms. The lowest BCUT2D eigenvalue weighted by Gasteiger charge is -2.09. The molecule has 0 unspecified atom stereocenters. The Bertz CT molecular complexity index is 836. The number of amides is 1. The van der Waals surface area contributed by atoms with Crippen LogP contribution in [-0.4, -0.2) is 20.9 Å². The Morgan fingerprint density at radius 3 is 2.28 bits per heavy atom. The number of rotatable bonds is 6. The molecule has 0 atom stereocenters. The van der Waals surface area contributed by atoms with Gasteiger partial charge in [0.1, 0.15) is 23.8 Å². The maximum atomic E-state index is 11.4. The van der Waals surface area contributed by atoms with Gasteiger partial charge in [-0.25, -0.2) is 15.0 Å². The second kappa shape index (κ2) is 7.87. The van der Waals surface area contributed by atoms with Crippen LogP contribution >= 0.6 is 0 Å². The van der Waals surface area contributed by atoms with E-state index >= 15 is 0 Å². The molecule has 2 aromatic heterocycles. The molecule has 0 spiro atoms. The topological polar surface area (TPSA) is 91.8 Å². The van der Waals surface area contributed by atoms with Crippen LogP contribution in [0.5, 0.6) is 0 Å². The Labute approximate surface area is 145 Å². The van der Waals surface area contributed by atoms with Crippen molar-refractivity contribution in [3.8, 4) is 0 Å². The standard InChI is InChI=1S/C18H18N6O/c1-2-18(25)23-14-8-6-13(7-9-14)22-16-11-17(21-12-20-16)24-15-5-3-4-10-19-15/h3-12H,2H2,1H3,(H,23,25)(H2,19,20,21,22,24). The number of nitrogens with one attached hydrogen (secondary N) is 3. The first-order chi connectivity index (χ1) is 12.2. The second-order valence-electron chi connectivity index (χ2n) is 5.23. The number of pyridine rings is 1. The van der Waals surface area contributed by atoms with Crippen LogP contribution in [0.25, 0.3) is 0 Å². The predicted molar refractivity (Wildman–Crippen MR) is 98.2 cm³/mol. The number of anilines is 5. The van der Waals surface area contributed by atoms with Crippen LogP contribution in [-0.2, 0) is 4.79 Å². The Kier molecular flexibility index (Phi) is 5.16. The fourth-order valence-corrected chi connectivity index (χ4v) is 2.10. The third-order valence-corrected chi connectivity index (χ3v) is 3.35. The summed E-state index contributed by atoms with van der Waals surface area (Å²) in [6, 6.07) is 14.8. The molecular weight excluding hydrogens is 316 g/mol. The first-order valence-corrected chi connectivity index (χ1v) is 7.90. The minimum absolute atomic E-state index is 0.0123. The quantitative estimate of drug-likeness (QED) is 0.636. The first-order valence-electron chi connectivity index (χ1n) is 7.90. The van der Waals surface area contributed by atoms with Gasteiger partial charge >= 0.3 is 0 Å². The van der Waals surface area contributed by atoms with E-state index in [1.54, 1.807) is 12.3 Å². The number of carbonyl (C=O) groups excluding carboxylic acids is 1. The number of aromatic nitrogens is 3. The van der Waals surface area contributed by atoms with Crippen molar-refractivity contribution >= 4 is 34.7 Å². The molecule has 0 aliphatic rings. The number of benzene rings is 1. The Balaban J connectivity index is 1.66. The third kappa shape index (κ3) is 4.74. The van der Waals surface area contributed by atoms with Crippen LogP contribution in [0.1, 0.15) is 13.3 Å². The minimum atomic E-state index is -0.0123. The molecule has 0 aliphatic heterocycles. The molecule has 0 saturated carbocycles. The molecule has 126 valence electrons. The lowest BCUT2D eigenvalue weighted by Crippen LogP contribution is -2.09. The predicted octanol–water partition coefficient (Wildman–Crippen LogP) is 3.71. The van der Waals surface area contributed by atoms with Gasteiger partial charge in [0, 0.05) is 30.1 Å². The molecule has 0 radical (unpaired) electrons. The van der Waals surface area contributed by atoms with Crippen LogP contribution in [0.15, 0.2) is 61.1 Å². The Morgan fingerprint density at radius 2 is 1.60 bits per heavy atom. The highest BCUT2D eigenvalue weighted by Gasteiger charge is 2.02. The van der Waals surface area contributed by atoms with E-state index in [4.69, 9.17) is 0 Å². The number of nitrogens with zero attached hydrogens (tertiary/aromatic N) is 3. The normalized spacial score (nSPS) is 10.1. The molecule has 2 heterocycles. The van der Waals surface area contributed by atoms with Gasteiger partial charge in [0.15, 0.2) is 0 Å². The highest BCUT2D eigenvalue weighted by Crippen LogP contribution is 2.20. The molecule has 0 bridgehead atoms. The fourth-order valence-electron chi connectivity index (χ4n) is 2.10. The summed E-state index contributed by atoms with van der Waals surface area (Å²) in [5.74, 6) is 1.99. The molecule has 0 fully saturated rings. The molecular formula is C18H18N6O. The molecule has 3 rings (SSSR count). The van der Waals surface area contributed by atoms with Gasteiger partial charge in [-0.1, -0.05) is 13.0 Å². The maximum Gasteiger partial charge on any atom is 0.224 e. The van der Waals surface area contributed by atoms with E-state index in [1.807, 2.05) is 49.4 Å². The first kappa shape index (κ1) is 16.4. The van der Waals surface area contributed by atoms with Crippen molar-refractivity contribution in [3.63, 3.8) is 0 Å². The average Bonchev–Trinajstić information content (AvgIpc) is 2.64. The van der Waals surface area contributed by atoms with Crippen molar-refractivity contribution in [1.29, 1.82) is 0 Å². The molecule has 1 aromatic carbocycles. The van der Waals surface area contributed by atoms with Gasteiger partial charge in [0.05, 0.1) is 0 Å². The minimum Gasteiger partial charge on any atom is -0.340 e. The summed E-state index contributed by atoms with van der Waals surface area (Å²) < 4.78 is 0. The largest absolute Gasteiger partial charge is 0.340 e. The smallest absolute Gasteiger partial charge is 0.224 e. The van der Waals surface area contributed by atoms with Gasteiger partial charge < -0.3 is 16.0 Å². The third-order valence-electron chi connectivity index (χ3n) is 3.35. The zero-order valence-corrected chi connectivity index (χ0v) is 13.7. The Morgan fingerprint density at radius 1 is 0.880 bits per heavy atom. The average molecular weight is 334 g/mol. The van der Waals surface area contributed by atoms with Crippen LogP contribution in [0.2, 0.25) is 0 Å². The molecule has 3 N–H and O–H groups in total. The molecule has 1 amide bonds. The molecule has 7 nitrogen and oxygen atoms in total. The summed E-state index contributed by atoms with van der Waals surface area (Å²) in [6.45, 7) is 1.82. The van der Waals surface area contributed by atoms with E-state index in [9.17, 15) is 4.79 Å². The molecule has 0 saturated heterocycles. The molecule has 25 heavy (non-hydrogen) atoms. The fraction of sp³-hybridized carbons (Fsp3) is 0.111. The summed E-state index contributed by atoms with van der Waals surface area (Å²) in [4.78, 5) is 24.0. The Hall–Kier alpha value is -3.48. The highest BCUT2D eigenvalue weighted by molar-refractivity contribution is 5.90. The van der Waals surface area contributed by atoms with Crippen LogP contribution in [0, 0.1) is 0 Å². The van der Waals surface area contributed by atoms with E-state index in [-0.39, 0.29) is 5.91 Å². The van der Waals surface area contributed by atoms with Gasteiger partial charge in [-0.05, 0) is 36.4 Å². The summed E-state index contributed by atoms with van der Waals surface area (Å²) in [6.07, 6.45) is 3.64. The van der Waals surface area contributed by atoms with Crippen LogP contribution in [0.3, 0.4) is 0 Å².